The summed E-state index contributed by atoms with van der Waals surface area (Å²) in [5, 5.41) is 3.66. The lowest BCUT2D eigenvalue weighted by Gasteiger charge is -2.38. The van der Waals surface area contributed by atoms with Gasteiger partial charge in [-0.2, -0.15) is 0 Å². The van der Waals surface area contributed by atoms with Crippen molar-refractivity contribution < 1.29 is 19.1 Å². The molecule has 3 heterocycles. The van der Waals surface area contributed by atoms with Gasteiger partial charge in [0, 0.05) is 61.9 Å². The number of halogens is 1. The number of urea groups is 1. The molecule has 0 aromatic heterocycles. The molecule has 0 radical (unpaired) electrons. The van der Waals surface area contributed by atoms with Crippen molar-refractivity contribution >= 4 is 35.3 Å². The van der Waals surface area contributed by atoms with Crippen LogP contribution >= 0.6 is 11.6 Å². The van der Waals surface area contributed by atoms with Gasteiger partial charge in [-0.05, 0) is 81.9 Å². The van der Waals surface area contributed by atoms with Crippen molar-refractivity contribution in [3.05, 3.63) is 64.2 Å². The molecule has 1 unspecified atom stereocenters. The summed E-state index contributed by atoms with van der Waals surface area (Å²) in [6, 6.07) is 14.0. The lowest BCUT2D eigenvalue weighted by molar-refractivity contribution is -0.142. The van der Waals surface area contributed by atoms with Crippen molar-refractivity contribution in [2.75, 3.05) is 52.1 Å². The lowest BCUT2D eigenvalue weighted by Crippen LogP contribution is -2.52. The number of aryl methyl sites for hydroxylation is 1. The van der Waals surface area contributed by atoms with Crippen LogP contribution in [0.15, 0.2) is 42.5 Å². The Kier molecular flexibility index (Phi) is 9.58. The molecule has 0 bridgehead atoms. The zero-order chi connectivity index (χ0) is 29.8. The summed E-state index contributed by atoms with van der Waals surface area (Å²) in [7, 11) is 4.13. The van der Waals surface area contributed by atoms with Crippen LogP contribution in [0.5, 0.6) is 0 Å². The summed E-state index contributed by atoms with van der Waals surface area (Å²) in [5.74, 6) is -0.159. The maximum absolute atomic E-state index is 13.7. The van der Waals surface area contributed by atoms with E-state index in [0.717, 1.165) is 41.6 Å². The largest absolute Gasteiger partial charge is 0.436 e. The second-order valence-corrected chi connectivity index (χ2v) is 12.3. The Labute approximate surface area is 253 Å². The fraction of sp³-hybridized carbons (Fsp3) is 0.531. The normalized spacial score (nSPS) is 19.3. The smallest absolute Gasteiger partial charge is 0.410 e. The highest BCUT2D eigenvalue weighted by Crippen LogP contribution is 2.26. The van der Waals surface area contributed by atoms with E-state index in [-0.39, 0.29) is 24.4 Å². The molecule has 3 aliphatic rings. The van der Waals surface area contributed by atoms with Crippen molar-refractivity contribution in [3.63, 3.8) is 0 Å². The van der Waals surface area contributed by atoms with Crippen LogP contribution in [0.2, 0.25) is 5.02 Å². The summed E-state index contributed by atoms with van der Waals surface area (Å²) in [6.07, 6.45) is 2.72. The molecule has 9 nitrogen and oxygen atoms in total. The van der Waals surface area contributed by atoms with Crippen LogP contribution in [-0.2, 0) is 22.4 Å². The topological polar surface area (TPSA) is 85.4 Å². The predicted octanol–water partition coefficient (Wildman–Crippen LogP) is 4.80. The Morgan fingerprint density at radius 2 is 1.69 bits per heavy atom. The number of benzene rings is 2. The van der Waals surface area contributed by atoms with Gasteiger partial charge in [-0.15, -0.1) is 0 Å². The third-order valence-corrected chi connectivity index (χ3v) is 9.39. The fourth-order valence-corrected chi connectivity index (χ4v) is 6.46. The van der Waals surface area contributed by atoms with E-state index in [1.807, 2.05) is 59.2 Å². The second-order valence-electron chi connectivity index (χ2n) is 11.9. The van der Waals surface area contributed by atoms with Crippen molar-refractivity contribution in [2.45, 2.75) is 63.6 Å². The van der Waals surface area contributed by atoms with Crippen molar-refractivity contribution in [1.29, 1.82) is 0 Å². The van der Waals surface area contributed by atoms with Crippen LogP contribution in [-0.4, -0.2) is 103 Å². The van der Waals surface area contributed by atoms with Crippen molar-refractivity contribution in [1.82, 2.24) is 19.6 Å². The molecule has 0 saturated carbocycles. The zero-order valence-corrected chi connectivity index (χ0v) is 25.6. The predicted molar refractivity (Wildman–Crippen MR) is 164 cm³/mol. The third-order valence-electron chi connectivity index (χ3n) is 8.99. The fourth-order valence-electron chi connectivity index (χ4n) is 6.26. The Bertz CT molecular complexity index is 1290. The number of nitrogens with one attached hydrogen (secondary N) is 1. The SMILES string of the molecule is Cc1ccc(CC(OC(=O)N2CCC(N3CCc4ccccc4NC3=O)CC2)C(=O)N2CCC(N(C)C)CC2)cc1Cl. The van der Waals surface area contributed by atoms with E-state index in [1.54, 1.807) is 4.90 Å². The number of ether oxygens (including phenoxy) is 1. The quantitative estimate of drug-likeness (QED) is 0.518. The van der Waals surface area contributed by atoms with E-state index in [2.05, 4.69) is 24.3 Å². The van der Waals surface area contributed by atoms with Gasteiger partial charge in [-0.1, -0.05) is 41.9 Å². The summed E-state index contributed by atoms with van der Waals surface area (Å²) >= 11 is 6.37. The summed E-state index contributed by atoms with van der Waals surface area (Å²) in [6.45, 7) is 4.77. The maximum atomic E-state index is 13.7. The number of fused-ring (bicyclic) bond motifs is 1. The number of para-hydroxylation sites is 1. The van der Waals surface area contributed by atoms with E-state index in [0.29, 0.717) is 56.6 Å². The van der Waals surface area contributed by atoms with Crippen molar-refractivity contribution in [2.24, 2.45) is 0 Å². The molecule has 0 aliphatic carbocycles. The first-order chi connectivity index (χ1) is 20.2. The number of nitrogens with zero attached hydrogens (tertiary/aromatic N) is 4. The van der Waals surface area contributed by atoms with Gasteiger partial charge in [0.15, 0.2) is 6.10 Å². The van der Waals surface area contributed by atoms with E-state index < -0.39 is 12.2 Å². The molecule has 1 atom stereocenters. The molecule has 0 spiro atoms. The minimum atomic E-state index is -0.931. The first-order valence-corrected chi connectivity index (χ1v) is 15.4. The summed E-state index contributed by atoms with van der Waals surface area (Å²) in [4.78, 5) is 47.7. The molecule has 42 heavy (non-hydrogen) atoms. The van der Waals surface area contributed by atoms with Gasteiger partial charge in [0.2, 0.25) is 0 Å². The number of amides is 4. The minimum Gasteiger partial charge on any atom is -0.436 e. The van der Waals surface area contributed by atoms with E-state index in [9.17, 15) is 14.4 Å². The van der Waals surface area contributed by atoms with Gasteiger partial charge >= 0.3 is 12.1 Å². The molecule has 1 N–H and O–H groups in total. The molecular weight excluding hydrogens is 554 g/mol. The van der Waals surface area contributed by atoms with Crippen LogP contribution in [0, 0.1) is 6.92 Å². The van der Waals surface area contributed by atoms with Crippen LogP contribution in [0.3, 0.4) is 0 Å². The van der Waals surface area contributed by atoms with Crippen LogP contribution in [0.25, 0.3) is 0 Å². The third kappa shape index (κ3) is 7.01. The first kappa shape index (κ1) is 30.2. The van der Waals surface area contributed by atoms with Crippen molar-refractivity contribution in [3.8, 4) is 0 Å². The number of hydrogen-bond donors (Lipinski definition) is 1. The van der Waals surface area contributed by atoms with E-state index >= 15 is 0 Å². The number of rotatable bonds is 6. The molecule has 2 fully saturated rings. The summed E-state index contributed by atoms with van der Waals surface area (Å²) in [5.41, 5.74) is 3.80. The molecule has 3 aliphatic heterocycles. The molecule has 226 valence electrons. The van der Waals surface area contributed by atoms with Gasteiger partial charge in [-0.3, -0.25) is 4.79 Å². The number of piperidine rings is 2. The second kappa shape index (κ2) is 13.3. The molecular formula is C32H42ClN5O4. The Morgan fingerprint density at radius 1 is 1.00 bits per heavy atom. The Hall–Kier alpha value is -3.30. The molecule has 4 amide bonds. The highest BCUT2D eigenvalue weighted by atomic mass is 35.5. The van der Waals surface area contributed by atoms with E-state index in [4.69, 9.17) is 16.3 Å². The highest BCUT2D eigenvalue weighted by Gasteiger charge is 2.35. The number of carbonyl (C=O) groups is 3. The monoisotopic (exact) mass is 595 g/mol. The number of anilines is 1. The number of likely N-dealkylation sites (tertiary alicyclic amines) is 2. The minimum absolute atomic E-state index is 0.0356. The Morgan fingerprint density at radius 3 is 2.38 bits per heavy atom. The first-order valence-electron chi connectivity index (χ1n) is 15.0. The molecule has 2 aromatic rings. The average Bonchev–Trinajstić information content (AvgIpc) is 3.16. The van der Waals surface area contributed by atoms with Gasteiger partial charge in [0.05, 0.1) is 0 Å². The molecule has 2 saturated heterocycles. The van der Waals surface area contributed by atoms with Crippen LogP contribution in [0.1, 0.15) is 42.4 Å². The molecule has 10 heteroatoms. The van der Waals surface area contributed by atoms with Gasteiger partial charge in [0.1, 0.15) is 0 Å². The zero-order valence-electron chi connectivity index (χ0n) is 24.9. The standard InChI is InChI=1S/C32H42ClN5O4/c1-22-8-9-23(20-27(22)33)21-29(30(39)36-15-11-25(12-16-36)35(2)3)42-32(41)37-17-13-26(14-18-37)38-19-10-24-6-4-5-7-28(24)34-31(38)40/h4-9,20,25-26,29H,10-19,21H2,1-3H3,(H,34,40). The summed E-state index contributed by atoms with van der Waals surface area (Å²) < 4.78 is 5.97. The van der Waals surface area contributed by atoms with E-state index in [1.165, 1.54) is 0 Å². The Balaban J connectivity index is 1.21. The van der Waals surface area contributed by atoms with Crippen LogP contribution in [0.4, 0.5) is 15.3 Å². The lowest BCUT2D eigenvalue weighted by atomic mass is 10.0. The number of carbonyl (C=O) groups excluding carboxylic acids is 3. The van der Waals surface area contributed by atoms with Crippen LogP contribution < -0.4 is 5.32 Å². The highest BCUT2D eigenvalue weighted by molar-refractivity contribution is 6.31. The maximum Gasteiger partial charge on any atom is 0.410 e. The molecule has 2 aromatic carbocycles. The molecule has 5 rings (SSSR count). The van der Waals surface area contributed by atoms with Gasteiger partial charge < -0.3 is 29.7 Å². The van der Waals surface area contributed by atoms with Gasteiger partial charge in [-0.25, -0.2) is 9.59 Å². The average molecular weight is 596 g/mol. The number of hydrogen-bond acceptors (Lipinski definition) is 5. The van der Waals surface area contributed by atoms with Gasteiger partial charge in [0.25, 0.3) is 5.91 Å².